The third-order valence-electron chi connectivity index (χ3n) is 4.61. The van der Waals surface area contributed by atoms with E-state index in [0.717, 1.165) is 39.8 Å². The van der Waals surface area contributed by atoms with Crippen LogP contribution >= 0.6 is 23.1 Å². The Balaban J connectivity index is 1.41. The molecular formula is C22H21N3O4S2. The number of furan rings is 1. The van der Waals surface area contributed by atoms with Gasteiger partial charge in [-0.15, -0.1) is 11.3 Å². The molecule has 0 radical (unpaired) electrons. The average molecular weight is 456 g/mol. The van der Waals surface area contributed by atoms with Crippen LogP contribution in [0.1, 0.15) is 25.5 Å². The van der Waals surface area contributed by atoms with Crippen LogP contribution < -0.4 is 10.1 Å². The maximum Gasteiger partial charge on any atom is 0.262 e. The van der Waals surface area contributed by atoms with Gasteiger partial charge in [0.1, 0.15) is 23.2 Å². The second kappa shape index (κ2) is 10.0. The van der Waals surface area contributed by atoms with Crippen molar-refractivity contribution in [2.45, 2.75) is 35.3 Å². The summed E-state index contributed by atoms with van der Waals surface area (Å²) in [4.78, 5) is 16.9. The van der Waals surface area contributed by atoms with E-state index in [1.54, 1.807) is 23.5 Å². The highest BCUT2D eigenvalue weighted by Gasteiger charge is 2.18. The van der Waals surface area contributed by atoms with Crippen molar-refractivity contribution in [2.24, 2.45) is 0 Å². The van der Waals surface area contributed by atoms with Gasteiger partial charge in [-0.05, 0) is 61.9 Å². The highest BCUT2D eigenvalue weighted by atomic mass is 32.2. The van der Waals surface area contributed by atoms with E-state index in [9.17, 15) is 10.1 Å². The fraction of sp³-hybridized carbons (Fsp3) is 0.318. The van der Waals surface area contributed by atoms with E-state index in [1.165, 1.54) is 17.8 Å². The molecule has 2 aromatic heterocycles. The predicted octanol–water partition coefficient (Wildman–Crippen LogP) is 4.64. The van der Waals surface area contributed by atoms with Gasteiger partial charge in [-0.2, -0.15) is 5.26 Å². The Morgan fingerprint density at radius 2 is 2.35 bits per heavy atom. The van der Waals surface area contributed by atoms with Gasteiger partial charge in [0.15, 0.2) is 9.43 Å². The summed E-state index contributed by atoms with van der Waals surface area (Å²) in [6, 6.07) is 11.3. The quantitative estimate of drug-likeness (QED) is 0.390. The first-order valence-corrected chi connectivity index (χ1v) is 11.6. The van der Waals surface area contributed by atoms with Gasteiger partial charge in [-0.1, -0.05) is 0 Å². The largest absolute Gasteiger partial charge is 0.494 e. The Hall–Kier alpha value is -2.80. The fourth-order valence-corrected chi connectivity index (χ4v) is 5.13. The number of amides is 1. The summed E-state index contributed by atoms with van der Waals surface area (Å²) >= 11 is 2.95. The number of hydrogen-bond acceptors (Lipinski definition) is 8. The highest BCUT2D eigenvalue weighted by Crippen LogP contribution is 2.36. The van der Waals surface area contributed by atoms with E-state index in [4.69, 9.17) is 13.9 Å². The third-order valence-corrected chi connectivity index (χ3v) is 6.61. The van der Waals surface area contributed by atoms with E-state index < -0.39 is 5.91 Å². The molecule has 1 fully saturated rings. The summed E-state index contributed by atoms with van der Waals surface area (Å²) in [5.41, 5.74) is 0.893. The third kappa shape index (κ3) is 5.47. The molecule has 7 nitrogen and oxygen atoms in total. The minimum atomic E-state index is -0.431. The molecule has 0 spiro atoms. The molecule has 3 heterocycles. The highest BCUT2D eigenvalue weighted by molar-refractivity contribution is 8.01. The lowest BCUT2D eigenvalue weighted by molar-refractivity contribution is -0.117. The maximum atomic E-state index is 12.3. The van der Waals surface area contributed by atoms with Crippen LogP contribution in [-0.2, 0) is 9.53 Å². The summed E-state index contributed by atoms with van der Waals surface area (Å²) in [5.74, 6) is 0.827. The van der Waals surface area contributed by atoms with Crippen LogP contribution in [0.25, 0.3) is 16.3 Å². The van der Waals surface area contributed by atoms with Crippen LogP contribution in [0.2, 0.25) is 0 Å². The second-order valence-corrected chi connectivity index (χ2v) is 9.10. The molecule has 1 amide bonds. The van der Waals surface area contributed by atoms with Gasteiger partial charge in [0.2, 0.25) is 0 Å². The topological polar surface area (TPSA) is 97.4 Å². The van der Waals surface area contributed by atoms with Crippen LogP contribution in [0.4, 0.5) is 0 Å². The van der Waals surface area contributed by atoms with Crippen LogP contribution in [0.5, 0.6) is 5.75 Å². The monoisotopic (exact) mass is 455 g/mol. The standard InChI is InChI=1S/C22H21N3O4S2/c1-2-27-15-5-7-18-19(11-15)30-22(25-18)31-20-8-6-16(29-20)10-14(12-23)21(26)24-13-17-4-3-9-28-17/h5-8,10-11,17H,2-4,9,13H2,1H3,(H,24,26)/b14-10+/t17-/m0/s1. The number of aromatic nitrogens is 1. The molecule has 160 valence electrons. The van der Waals surface area contributed by atoms with Crippen LogP contribution in [0.15, 0.2) is 49.8 Å². The molecule has 1 aliphatic rings. The Bertz CT molecular complexity index is 1140. The maximum absolute atomic E-state index is 12.3. The number of rotatable bonds is 8. The number of hydrogen-bond donors (Lipinski definition) is 1. The summed E-state index contributed by atoms with van der Waals surface area (Å²) in [6.45, 7) is 3.69. The van der Waals surface area contributed by atoms with E-state index in [-0.39, 0.29) is 11.7 Å². The summed E-state index contributed by atoms with van der Waals surface area (Å²) in [6.07, 6.45) is 3.38. The molecule has 0 bridgehead atoms. The summed E-state index contributed by atoms with van der Waals surface area (Å²) in [7, 11) is 0. The zero-order valence-corrected chi connectivity index (χ0v) is 18.6. The van der Waals surface area contributed by atoms with Crippen molar-refractivity contribution < 1.29 is 18.7 Å². The van der Waals surface area contributed by atoms with Crippen molar-refractivity contribution in [3.05, 3.63) is 41.7 Å². The van der Waals surface area contributed by atoms with Gasteiger partial charge in [0.25, 0.3) is 5.91 Å². The van der Waals surface area contributed by atoms with Crippen LogP contribution in [-0.4, -0.2) is 36.8 Å². The molecule has 1 aromatic carbocycles. The first kappa shape index (κ1) is 21.4. The molecule has 9 heteroatoms. The fourth-order valence-electron chi connectivity index (χ4n) is 3.13. The van der Waals surface area contributed by atoms with Gasteiger partial charge < -0.3 is 19.2 Å². The molecular weight excluding hydrogens is 434 g/mol. The minimum Gasteiger partial charge on any atom is -0.494 e. The molecule has 0 unspecified atom stereocenters. The molecule has 0 saturated carbocycles. The normalized spacial score (nSPS) is 16.4. The first-order valence-electron chi connectivity index (χ1n) is 9.97. The number of nitriles is 1. The number of thiazole rings is 1. The number of benzene rings is 1. The van der Waals surface area contributed by atoms with Gasteiger partial charge in [-0.25, -0.2) is 4.98 Å². The lowest BCUT2D eigenvalue weighted by Crippen LogP contribution is -2.32. The van der Waals surface area contributed by atoms with E-state index >= 15 is 0 Å². The number of ether oxygens (including phenoxy) is 2. The molecule has 1 N–H and O–H groups in total. The average Bonchev–Trinajstić information content (AvgIpc) is 3.51. The molecule has 0 aliphatic carbocycles. The Kier molecular flexibility index (Phi) is 6.92. The Morgan fingerprint density at radius 1 is 1.45 bits per heavy atom. The second-order valence-electron chi connectivity index (χ2n) is 6.82. The minimum absolute atomic E-state index is 0.00709. The zero-order valence-electron chi connectivity index (χ0n) is 16.9. The number of nitrogens with one attached hydrogen (secondary N) is 1. The van der Waals surface area contributed by atoms with E-state index in [1.807, 2.05) is 31.2 Å². The Morgan fingerprint density at radius 3 is 3.13 bits per heavy atom. The van der Waals surface area contributed by atoms with Crippen molar-refractivity contribution in [1.29, 1.82) is 5.26 Å². The van der Waals surface area contributed by atoms with Crippen molar-refractivity contribution in [1.82, 2.24) is 10.3 Å². The van der Waals surface area contributed by atoms with Crippen LogP contribution in [0.3, 0.4) is 0 Å². The van der Waals surface area contributed by atoms with E-state index in [0.29, 0.717) is 24.0 Å². The lowest BCUT2D eigenvalue weighted by atomic mass is 10.2. The molecule has 1 aliphatic heterocycles. The number of fused-ring (bicyclic) bond motifs is 1. The SMILES string of the molecule is CCOc1ccc2nc(Sc3ccc(/C=C(\C#N)C(=O)NC[C@@H]4CCCO4)o3)sc2c1. The molecule has 1 atom stereocenters. The van der Waals surface area contributed by atoms with Crippen molar-refractivity contribution in [2.75, 3.05) is 19.8 Å². The first-order chi connectivity index (χ1) is 15.1. The van der Waals surface area contributed by atoms with Gasteiger partial charge in [0, 0.05) is 19.2 Å². The van der Waals surface area contributed by atoms with Crippen molar-refractivity contribution >= 4 is 45.3 Å². The van der Waals surface area contributed by atoms with Crippen molar-refractivity contribution in [3.63, 3.8) is 0 Å². The summed E-state index contributed by atoms with van der Waals surface area (Å²) in [5, 5.41) is 12.7. The molecule has 4 rings (SSSR count). The molecule has 3 aromatic rings. The number of carbonyl (C=O) groups is 1. The van der Waals surface area contributed by atoms with Gasteiger partial charge in [-0.3, -0.25) is 4.79 Å². The van der Waals surface area contributed by atoms with Gasteiger partial charge >= 0.3 is 0 Å². The Labute approximate surface area is 188 Å². The number of nitrogens with zero attached hydrogens (tertiary/aromatic N) is 2. The molecule has 1 saturated heterocycles. The smallest absolute Gasteiger partial charge is 0.262 e. The molecule has 31 heavy (non-hydrogen) atoms. The predicted molar refractivity (Wildman–Crippen MR) is 119 cm³/mol. The summed E-state index contributed by atoms with van der Waals surface area (Å²) < 4.78 is 18.7. The van der Waals surface area contributed by atoms with E-state index in [2.05, 4.69) is 10.3 Å². The van der Waals surface area contributed by atoms with Crippen molar-refractivity contribution in [3.8, 4) is 11.8 Å². The van der Waals surface area contributed by atoms with Crippen LogP contribution in [0, 0.1) is 11.3 Å². The zero-order chi connectivity index (χ0) is 21.6. The lowest BCUT2D eigenvalue weighted by Gasteiger charge is -2.09. The number of carbonyl (C=O) groups excluding carboxylic acids is 1. The van der Waals surface area contributed by atoms with Gasteiger partial charge in [0.05, 0.1) is 22.9 Å².